The molecule has 124 valence electrons. The molecular weight excluding hydrogens is 293 g/mol. The van der Waals surface area contributed by atoms with Crippen molar-refractivity contribution >= 4 is 5.82 Å². The van der Waals surface area contributed by atoms with E-state index in [2.05, 4.69) is 20.6 Å². The van der Waals surface area contributed by atoms with E-state index < -0.39 is 0 Å². The zero-order valence-electron chi connectivity index (χ0n) is 13.7. The van der Waals surface area contributed by atoms with E-state index in [1.807, 2.05) is 37.1 Å². The van der Waals surface area contributed by atoms with Crippen molar-refractivity contribution < 1.29 is 4.39 Å². The molecule has 1 aliphatic rings. The lowest BCUT2D eigenvalue weighted by Crippen LogP contribution is -2.38. The summed E-state index contributed by atoms with van der Waals surface area (Å²) in [6, 6.07) is 9.00. The van der Waals surface area contributed by atoms with Gasteiger partial charge in [-0.3, -0.25) is 0 Å². The second kappa shape index (κ2) is 7.10. The molecule has 2 N–H and O–H groups in total. The summed E-state index contributed by atoms with van der Waals surface area (Å²) in [4.78, 5) is 2.12. The largest absolute Gasteiger partial charge is 0.370 e. The van der Waals surface area contributed by atoms with Crippen LogP contribution in [0.5, 0.6) is 0 Å². The molecule has 2 aromatic rings. The molecule has 6 heteroatoms. The molecule has 0 saturated heterocycles. The van der Waals surface area contributed by atoms with Gasteiger partial charge in [0.2, 0.25) is 0 Å². The fourth-order valence-corrected chi connectivity index (χ4v) is 3.06. The van der Waals surface area contributed by atoms with Crippen LogP contribution in [0.2, 0.25) is 0 Å². The smallest absolute Gasteiger partial charge is 0.124 e. The van der Waals surface area contributed by atoms with Crippen LogP contribution >= 0.6 is 0 Å². The van der Waals surface area contributed by atoms with Crippen LogP contribution < -0.4 is 10.6 Å². The summed E-state index contributed by atoms with van der Waals surface area (Å²) in [6.07, 6.45) is 1.82. The molecule has 0 bridgehead atoms. The van der Waals surface area contributed by atoms with Crippen LogP contribution in [0, 0.1) is 11.7 Å². The lowest BCUT2D eigenvalue weighted by atomic mass is 10.0. The number of anilines is 1. The zero-order valence-corrected chi connectivity index (χ0v) is 13.7. The summed E-state index contributed by atoms with van der Waals surface area (Å²) in [5.41, 5.74) is 0.999. The van der Waals surface area contributed by atoms with E-state index in [4.69, 9.17) is 0 Å². The maximum atomic E-state index is 13.5. The summed E-state index contributed by atoms with van der Waals surface area (Å²) in [7, 11) is 4.05. The van der Waals surface area contributed by atoms with E-state index in [0.29, 0.717) is 5.92 Å². The molecule has 0 saturated carbocycles. The van der Waals surface area contributed by atoms with Crippen LogP contribution in [0.15, 0.2) is 36.5 Å². The molecule has 23 heavy (non-hydrogen) atoms. The van der Waals surface area contributed by atoms with Gasteiger partial charge in [0.25, 0.3) is 0 Å². The quantitative estimate of drug-likeness (QED) is 0.855. The lowest BCUT2D eigenvalue weighted by molar-refractivity contribution is 0.279. The number of aromatic nitrogens is 2. The van der Waals surface area contributed by atoms with Gasteiger partial charge in [-0.05, 0) is 31.8 Å². The first-order chi connectivity index (χ1) is 11.1. The molecule has 0 unspecified atom stereocenters. The fraction of sp³-hybridized carbons (Fsp3) is 0.471. The Balaban J connectivity index is 1.54. The Morgan fingerprint density at radius 2 is 2.30 bits per heavy atom. The number of fused-ring (bicyclic) bond motifs is 1. The second-order valence-electron chi connectivity index (χ2n) is 6.34. The average molecular weight is 317 g/mol. The highest BCUT2D eigenvalue weighted by atomic mass is 19.1. The minimum Gasteiger partial charge on any atom is -0.370 e. The average Bonchev–Trinajstić information content (AvgIpc) is 2.98. The van der Waals surface area contributed by atoms with E-state index in [1.165, 1.54) is 6.07 Å². The van der Waals surface area contributed by atoms with Crippen molar-refractivity contribution in [1.29, 1.82) is 0 Å². The SMILES string of the molecule is CN(C)[C@H](CNC[C@@H]1CNc2ccnn2C1)c1cccc(F)c1. The van der Waals surface area contributed by atoms with Crippen molar-refractivity contribution in [3.63, 3.8) is 0 Å². The molecule has 2 atom stereocenters. The Kier molecular flexibility index (Phi) is 4.93. The summed E-state index contributed by atoms with van der Waals surface area (Å²) in [5.74, 6) is 1.40. The Morgan fingerprint density at radius 1 is 1.43 bits per heavy atom. The third-order valence-electron chi connectivity index (χ3n) is 4.35. The zero-order chi connectivity index (χ0) is 16.2. The highest BCUT2D eigenvalue weighted by Crippen LogP contribution is 2.19. The molecule has 1 aromatic heterocycles. The fourth-order valence-electron chi connectivity index (χ4n) is 3.06. The minimum absolute atomic E-state index is 0.155. The molecule has 3 rings (SSSR count). The Labute approximate surface area is 136 Å². The minimum atomic E-state index is -0.183. The van der Waals surface area contributed by atoms with Crippen LogP contribution in [0.25, 0.3) is 0 Å². The summed E-state index contributed by atoms with van der Waals surface area (Å²) >= 11 is 0. The standard InChI is InChI=1S/C17H24FN5/c1-22(2)16(14-4-3-5-15(18)8-14)11-19-9-13-10-20-17-6-7-21-23(17)12-13/h3-8,13,16,19-20H,9-12H2,1-2H3/t13-,16-/m1/s1. The third kappa shape index (κ3) is 3.89. The molecule has 1 aromatic carbocycles. The van der Waals surface area contributed by atoms with E-state index in [9.17, 15) is 4.39 Å². The number of nitrogens with zero attached hydrogens (tertiary/aromatic N) is 3. The summed E-state index contributed by atoms with van der Waals surface area (Å²) in [6.45, 7) is 3.57. The summed E-state index contributed by atoms with van der Waals surface area (Å²) in [5, 5.41) is 11.2. The molecular formula is C17H24FN5. The van der Waals surface area contributed by atoms with Crippen molar-refractivity contribution in [2.24, 2.45) is 5.92 Å². The number of rotatable bonds is 6. The van der Waals surface area contributed by atoms with Gasteiger partial charge in [-0.25, -0.2) is 9.07 Å². The number of hydrogen-bond donors (Lipinski definition) is 2. The Hall–Kier alpha value is -1.92. The van der Waals surface area contributed by atoms with Crippen LogP contribution in [0.1, 0.15) is 11.6 Å². The van der Waals surface area contributed by atoms with Crippen LogP contribution in [-0.4, -0.2) is 48.4 Å². The Bertz CT molecular complexity index is 639. The summed E-state index contributed by atoms with van der Waals surface area (Å²) < 4.78 is 15.5. The van der Waals surface area contributed by atoms with Gasteiger partial charge < -0.3 is 15.5 Å². The number of halogens is 1. The first-order valence-electron chi connectivity index (χ1n) is 8.02. The first-order valence-corrected chi connectivity index (χ1v) is 8.02. The van der Waals surface area contributed by atoms with E-state index in [-0.39, 0.29) is 11.9 Å². The second-order valence-corrected chi connectivity index (χ2v) is 6.34. The molecule has 0 amide bonds. The molecule has 5 nitrogen and oxygen atoms in total. The molecule has 1 aliphatic heterocycles. The van der Waals surface area contributed by atoms with Crippen molar-refractivity contribution in [3.8, 4) is 0 Å². The number of nitrogens with one attached hydrogen (secondary N) is 2. The topological polar surface area (TPSA) is 45.1 Å². The van der Waals surface area contributed by atoms with Crippen molar-refractivity contribution in [2.75, 3.05) is 39.0 Å². The van der Waals surface area contributed by atoms with Crippen LogP contribution in [0.3, 0.4) is 0 Å². The molecule has 0 fully saturated rings. The van der Waals surface area contributed by atoms with Crippen molar-refractivity contribution in [2.45, 2.75) is 12.6 Å². The third-order valence-corrected chi connectivity index (χ3v) is 4.35. The Morgan fingerprint density at radius 3 is 3.09 bits per heavy atom. The van der Waals surface area contributed by atoms with E-state index in [0.717, 1.165) is 37.6 Å². The predicted molar refractivity (Wildman–Crippen MR) is 89.9 cm³/mol. The van der Waals surface area contributed by atoms with Gasteiger partial charge in [-0.15, -0.1) is 0 Å². The van der Waals surface area contributed by atoms with E-state index >= 15 is 0 Å². The molecule has 0 spiro atoms. The van der Waals surface area contributed by atoms with Gasteiger partial charge >= 0.3 is 0 Å². The van der Waals surface area contributed by atoms with Crippen molar-refractivity contribution in [3.05, 3.63) is 47.9 Å². The highest BCUT2D eigenvalue weighted by molar-refractivity contribution is 5.35. The van der Waals surface area contributed by atoms with Crippen LogP contribution in [0.4, 0.5) is 10.2 Å². The van der Waals surface area contributed by atoms with Crippen molar-refractivity contribution in [1.82, 2.24) is 20.0 Å². The van der Waals surface area contributed by atoms with Crippen LogP contribution in [-0.2, 0) is 6.54 Å². The lowest BCUT2D eigenvalue weighted by Gasteiger charge is -2.28. The van der Waals surface area contributed by atoms with Gasteiger partial charge in [0.15, 0.2) is 0 Å². The van der Waals surface area contributed by atoms with Gasteiger partial charge in [-0.2, -0.15) is 5.10 Å². The van der Waals surface area contributed by atoms with E-state index in [1.54, 1.807) is 12.1 Å². The van der Waals surface area contributed by atoms with Gasteiger partial charge in [0, 0.05) is 44.2 Å². The van der Waals surface area contributed by atoms with Gasteiger partial charge in [0.05, 0.1) is 6.20 Å². The monoisotopic (exact) mass is 317 g/mol. The maximum Gasteiger partial charge on any atom is 0.124 e. The molecule has 0 radical (unpaired) electrons. The molecule has 0 aliphatic carbocycles. The normalized spacial score (nSPS) is 18.5. The van der Waals surface area contributed by atoms with Gasteiger partial charge in [-0.1, -0.05) is 12.1 Å². The predicted octanol–water partition coefficient (Wildman–Crippen LogP) is 1.96. The molecule has 2 heterocycles. The van der Waals surface area contributed by atoms with Gasteiger partial charge in [0.1, 0.15) is 11.6 Å². The number of benzene rings is 1. The number of likely N-dealkylation sites (N-methyl/N-ethyl adjacent to an activating group) is 1. The number of hydrogen-bond acceptors (Lipinski definition) is 4. The first kappa shape index (κ1) is 16.0. The maximum absolute atomic E-state index is 13.5. The highest BCUT2D eigenvalue weighted by Gasteiger charge is 2.19.